The summed E-state index contributed by atoms with van der Waals surface area (Å²) in [4.78, 5) is 2.11. The van der Waals surface area contributed by atoms with Gasteiger partial charge in [0.1, 0.15) is 5.75 Å². The van der Waals surface area contributed by atoms with E-state index in [0.717, 1.165) is 32.2 Å². The van der Waals surface area contributed by atoms with Crippen molar-refractivity contribution in [1.29, 1.82) is 0 Å². The third-order valence-corrected chi connectivity index (χ3v) is 4.46. The van der Waals surface area contributed by atoms with Gasteiger partial charge in [0.05, 0.1) is 5.56 Å². The Morgan fingerprint density at radius 3 is 2.57 bits per heavy atom. The molecule has 0 aliphatic carbocycles. The number of rotatable bonds is 5. The van der Waals surface area contributed by atoms with Gasteiger partial charge in [0, 0.05) is 42.3 Å². The first-order chi connectivity index (χ1) is 10.8. The lowest BCUT2D eigenvalue weighted by molar-refractivity contribution is -0.138. The second-order valence-electron chi connectivity index (χ2n) is 5.56. The molecule has 0 saturated carbocycles. The Hall–Kier alpha value is -1.05. The van der Waals surface area contributed by atoms with Crippen LogP contribution >= 0.6 is 15.9 Å². The minimum atomic E-state index is -4.59. The predicted octanol–water partition coefficient (Wildman–Crippen LogP) is 4.09. The minimum Gasteiger partial charge on any atom is -0.507 e. The number of hydrogen-bond donors (Lipinski definition) is 2. The maximum absolute atomic E-state index is 13.1. The van der Waals surface area contributed by atoms with Gasteiger partial charge in [-0.15, -0.1) is 6.58 Å². The summed E-state index contributed by atoms with van der Waals surface area (Å²) >= 11 is 3.14. The van der Waals surface area contributed by atoms with Crippen LogP contribution in [0.4, 0.5) is 13.2 Å². The van der Waals surface area contributed by atoms with E-state index >= 15 is 0 Å². The van der Waals surface area contributed by atoms with Crippen molar-refractivity contribution in [3.8, 4) is 5.75 Å². The number of benzene rings is 1. The lowest BCUT2D eigenvalue weighted by Crippen LogP contribution is -2.45. The zero-order valence-corrected chi connectivity index (χ0v) is 14.3. The molecule has 2 N–H and O–H groups in total. The first-order valence-corrected chi connectivity index (χ1v) is 8.29. The van der Waals surface area contributed by atoms with E-state index in [1.165, 1.54) is 0 Å². The Morgan fingerprint density at radius 2 is 2.00 bits per heavy atom. The summed E-state index contributed by atoms with van der Waals surface area (Å²) in [6.45, 7) is 6.71. The third kappa shape index (κ3) is 4.49. The number of aromatic hydroxyl groups is 1. The van der Waals surface area contributed by atoms with Gasteiger partial charge in [-0.3, -0.25) is 4.90 Å². The van der Waals surface area contributed by atoms with Crippen LogP contribution < -0.4 is 5.32 Å². The highest BCUT2D eigenvalue weighted by Gasteiger charge is 2.37. The van der Waals surface area contributed by atoms with Crippen LogP contribution in [0.5, 0.6) is 5.75 Å². The van der Waals surface area contributed by atoms with Gasteiger partial charge in [-0.1, -0.05) is 22.0 Å². The molecule has 2 rings (SSSR count). The molecule has 1 aliphatic rings. The van der Waals surface area contributed by atoms with E-state index in [-0.39, 0.29) is 6.04 Å². The number of alkyl halides is 3. The summed E-state index contributed by atoms with van der Waals surface area (Å²) in [5.74, 6) is -0.673. The Kier molecular flexibility index (Phi) is 6.11. The highest BCUT2D eigenvalue weighted by atomic mass is 79.9. The van der Waals surface area contributed by atoms with Crippen molar-refractivity contribution in [3.63, 3.8) is 0 Å². The smallest absolute Gasteiger partial charge is 0.420 e. The van der Waals surface area contributed by atoms with Crippen LogP contribution in [-0.4, -0.2) is 36.2 Å². The molecule has 1 aliphatic heterocycles. The fraction of sp³-hybridized carbons (Fsp3) is 0.500. The number of nitrogens with zero attached hydrogens (tertiary/aromatic N) is 1. The molecule has 1 heterocycles. The molecule has 0 spiro atoms. The number of hydrogen-bond acceptors (Lipinski definition) is 3. The summed E-state index contributed by atoms with van der Waals surface area (Å²) in [7, 11) is 0. The van der Waals surface area contributed by atoms with Crippen molar-refractivity contribution >= 4 is 15.9 Å². The molecule has 1 aromatic rings. The molecule has 0 amide bonds. The van der Waals surface area contributed by atoms with Crippen LogP contribution in [0.25, 0.3) is 0 Å². The van der Waals surface area contributed by atoms with Crippen LogP contribution in [-0.2, 0) is 6.18 Å². The van der Waals surface area contributed by atoms with E-state index in [4.69, 9.17) is 0 Å². The van der Waals surface area contributed by atoms with E-state index < -0.39 is 17.5 Å². The fourth-order valence-corrected chi connectivity index (χ4v) is 3.37. The molecule has 1 fully saturated rings. The largest absolute Gasteiger partial charge is 0.507 e. The second kappa shape index (κ2) is 7.68. The summed E-state index contributed by atoms with van der Waals surface area (Å²) < 4.78 is 39.8. The lowest BCUT2D eigenvalue weighted by atomic mass is 9.96. The Bertz CT molecular complexity index is 557. The molecular weight excluding hydrogens is 373 g/mol. The number of phenols is 1. The van der Waals surface area contributed by atoms with Gasteiger partial charge in [0.15, 0.2) is 0 Å². The van der Waals surface area contributed by atoms with E-state index in [0.29, 0.717) is 22.9 Å². The van der Waals surface area contributed by atoms with E-state index in [1.807, 2.05) is 0 Å². The standard InChI is InChI=1S/C16H20BrF3N2O/c1-2-3-4-14(22-7-5-21-6-8-22)12-9-11(17)10-13(15(12)23)16(18,19)20/h2,9-10,14,21,23H,1,3-8H2/t14-/m0/s1. The number of nitrogens with one attached hydrogen (secondary N) is 1. The molecule has 1 saturated heterocycles. The lowest BCUT2D eigenvalue weighted by Gasteiger charge is -2.36. The average Bonchev–Trinajstić information content (AvgIpc) is 2.50. The SMILES string of the molecule is C=CCC[C@@H](c1cc(Br)cc(C(F)(F)F)c1O)N1CCNCC1. The molecule has 0 bridgehead atoms. The van der Waals surface area contributed by atoms with Crippen molar-refractivity contribution in [1.82, 2.24) is 10.2 Å². The van der Waals surface area contributed by atoms with Gasteiger partial charge in [-0.25, -0.2) is 0 Å². The Balaban J connectivity index is 2.44. The number of halogens is 4. The van der Waals surface area contributed by atoms with Gasteiger partial charge >= 0.3 is 6.18 Å². The highest BCUT2D eigenvalue weighted by Crippen LogP contribution is 2.43. The van der Waals surface area contributed by atoms with Crippen LogP contribution in [0, 0.1) is 0 Å². The molecule has 0 aromatic heterocycles. The van der Waals surface area contributed by atoms with Crippen molar-refractivity contribution in [2.24, 2.45) is 0 Å². The maximum atomic E-state index is 13.1. The van der Waals surface area contributed by atoms with E-state index in [2.05, 4.69) is 32.7 Å². The van der Waals surface area contributed by atoms with E-state index in [1.54, 1.807) is 12.1 Å². The summed E-state index contributed by atoms with van der Waals surface area (Å²) in [6.07, 6.45) is -1.56. The number of phenolic OH excluding ortho intramolecular Hbond substituents is 1. The van der Waals surface area contributed by atoms with Gasteiger partial charge < -0.3 is 10.4 Å². The van der Waals surface area contributed by atoms with E-state index in [9.17, 15) is 18.3 Å². The Morgan fingerprint density at radius 1 is 1.35 bits per heavy atom. The summed E-state index contributed by atoms with van der Waals surface area (Å²) in [6, 6.07) is 2.23. The molecule has 128 valence electrons. The number of piperazine rings is 1. The normalized spacial score (nSPS) is 17.9. The van der Waals surface area contributed by atoms with Crippen molar-refractivity contribution in [3.05, 3.63) is 40.4 Å². The molecule has 0 unspecified atom stereocenters. The van der Waals surface area contributed by atoms with Gasteiger partial charge in [0.2, 0.25) is 0 Å². The third-order valence-electron chi connectivity index (χ3n) is 4.01. The Labute approximate surface area is 142 Å². The van der Waals surface area contributed by atoms with Crippen molar-refractivity contribution in [2.45, 2.75) is 25.1 Å². The van der Waals surface area contributed by atoms with Crippen molar-refractivity contribution in [2.75, 3.05) is 26.2 Å². The minimum absolute atomic E-state index is 0.270. The number of allylic oxidation sites excluding steroid dienone is 1. The van der Waals surface area contributed by atoms with Gasteiger partial charge in [-0.05, 0) is 25.0 Å². The van der Waals surface area contributed by atoms with Crippen LogP contribution in [0.15, 0.2) is 29.3 Å². The molecule has 1 atom stereocenters. The van der Waals surface area contributed by atoms with Gasteiger partial charge in [-0.2, -0.15) is 13.2 Å². The molecule has 23 heavy (non-hydrogen) atoms. The van der Waals surface area contributed by atoms with Gasteiger partial charge in [0.25, 0.3) is 0 Å². The maximum Gasteiger partial charge on any atom is 0.420 e. The molecule has 3 nitrogen and oxygen atoms in total. The average molecular weight is 393 g/mol. The quantitative estimate of drug-likeness (QED) is 0.740. The highest BCUT2D eigenvalue weighted by molar-refractivity contribution is 9.10. The van der Waals surface area contributed by atoms with Crippen LogP contribution in [0.2, 0.25) is 0 Å². The first-order valence-electron chi connectivity index (χ1n) is 7.50. The monoisotopic (exact) mass is 392 g/mol. The summed E-state index contributed by atoms with van der Waals surface area (Å²) in [5, 5.41) is 13.5. The molecule has 7 heteroatoms. The fourth-order valence-electron chi connectivity index (χ4n) is 2.89. The zero-order valence-electron chi connectivity index (χ0n) is 12.7. The predicted molar refractivity (Wildman–Crippen MR) is 87.4 cm³/mol. The zero-order chi connectivity index (χ0) is 17.0. The summed E-state index contributed by atoms with van der Waals surface area (Å²) in [5.41, 5.74) is -0.684. The van der Waals surface area contributed by atoms with Crippen LogP contribution in [0.1, 0.15) is 30.0 Å². The molecule has 1 aromatic carbocycles. The second-order valence-corrected chi connectivity index (χ2v) is 6.47. The van der Waals surface area contributed by atoms with Crippen molar-refractivity contribution < 1.29 is 18.3 Å². The topological polar surface area (TPSA) is 35.5 Å². The van der Waals surface area contributed by atoms with Crippen LogP contribution in [0.3, 0.4) is 0 Å². The first kappa shape index (κ1) is 18.3. The molecule has 0 radical (unpaired) electrons. The molecular formula is C16H20BrF3N2O.